The monoisotopic (exact) mass is 346 g/mol. The van der Waals surface area contributed by atoms with Gasteiger partial charge < -0.3 is 14.4 Å². The smallest absolute Gasteiger partial charge is 0.223 e. The molecular formula is C20H30N2O3. The number of ether oxygens (including phenoxy) is 2. The summed E-state index contributed by atoms with van der Waals surface area (Å²) in [7, 11) is 1.68. The number of carbonyl (C=O) groups excluding carboxylic acids is 1. The molecule has 2 fully saturated rings. The van der Waals surface area contributed by atoms with E-state index in [1.165, 1.54) is 16.7 Å². The van der Waals surface area contributed by atoms with Crippen LogP contribution in [-0.2, 0) is 20.8 Å². The lowest BCUT2D eigenvalue weighted by molar-refractivity contribution is -0.128. The van der Waals surface area contributed by atoms with E-state index in [9.17, 15) is 4.79 Å². The van der Waals surface area contributed by atoms with Crippen LogP contribution in [0.3, 0.4) is 0 Å². The Kier molecular flexibility index (Phi) is 5.77. The fourth-order valence-electron chi connectivity index (χ4n) is 4.02. The molecule has 0 unspecified atom stereocenters. The van der Waals surface area contributed by atoms with E-state index >= 15 is 0 Å². The highest BCUT2D eigenvalue weighted by Gasteiger charge is 2.45. The molecular weight excluding hydrogens is 316 g/mol. The molecule has 2 aliphatic rings. The van der Waals surface area contributed by atoms with Crippen LogP contribution in [0.15, 0.2) is 18.2 Å². The van der Waals surface area contributed by atoms with Crippen LogP contribution in [0.2, 0.25) is 0 Å². The second-order valence-corrected chi connectivity index (χ2v) is 7.68. The zero-order chi connectivity index (χ0) is 17.9. The number of hydrogen-bond donors (Lipinski definition) is 0. The van der Waals surface area contributed by atoms with Gasteiger partial charge in [-0.1, -0.05) is 23.8 Å². The van der Waals surface area contributed by atoms with Crippen molar-refractivity contribution in [1.29, 1.82) is 0 Å². The molecule has 0 radical (unpaired) electrons. The fraction of sp³-hybridized carbons (Fsp3) is 0.650. The molecule has 1 amide bonds. The van der Waals surface area contributed by atoms with E-state index < -0.39 is 0 Å². The van der Waals surface area contributed by atoms with E-state index in [-0.39, 0.29) is 11.3 Å². The third kappa shape index (κ3) is 4.40. The lowest BCUT2D eigenvalue weighted by atomic mass is 9.87. The van der Waals surface area contributed by atoms with Gasteiger partial charge in [-0.2, -0.15) is 0 Å². The van der Waals surface area contributed by atoms with E-state index in [0.717, 1.165) is 32.8 Å². The highest BCUT2D eigenvalue weighted by molar-refractivity contribution is 5.79. The quantitative estimate of drug-likeness (QED) is 0.818. The molecule has 25 heavy (non-hydrogen) atoms. The molecule has 1 spiro atoms. The van der Waals surface area contributed by atoms with Crippen molar-refractivity contribution in [2.45, 2.75) is 26.8 Å². The van der Waals surface area contributed by atoms with Crippen molar-refractivity contribution in [3.05, 3.63) is 34.9 Å². The van der Waals surface area contributed by atoms with Gasteiger partial charge in [0.2, 0.25) is 5.91 Å². The summed E-state index contributed by atoms with van der Waals surface area (Å²) in [6.07, 6.45) is 0.583. The number of benzene rings is 1. The van der Waals surface area contributed by atoms with E-state index in [0.29, 0.717) is 26.2 Å². The van der Waals surface area contributed by atoms with E-state index in [2.05, 4.69) is 36.9 Å². The van der Waals surface area contributed by atoms with Crippen LogP contribution in [0.5, 0.6) is 0 Å². The summed E-state index contributed by atoms with van der Waals surface area (Å²) in [5.41, 5.74) is 3.91. The van der Waals surface area contributed by atoms with Crippen LogP contribution in [-0.4, -0.2) is 68.8 Å². The van der Waals surface area contributed by atoms with Gasteiger partial charge in [0.1, 0.15) is 0 Å². The van der Waals surface area contributed by atoms with Crippen LogP contribution in [0.25, 0.3) is 0 Å². The molecule has 5 nitrogen and oxygen atoms in total. The number of amides is 1. The molecule has 1 aromatic carbocycles. The summed E-state index contributed by atoms with van der Waals surface area (Å²) in [5.74, 6) is 0.231. The number of likely N-dealkylation sites (tertiary alicyclic amines) is 1. The van der Waals surface area contributed by atoms with Gasteiger partial charge in [-0.3, -0.25) is 9.69 Å². The normalized spacial score (nSPS) is 24.9. The second-order valence-electron chi connectivity index (χ2n) is 7.68. The summed E-state index contributed by atoms with van der Waals surface area (Å²) in [4.78, 5) is 16.8. The number of methoxy groups -OCH3 is 1. The molecule has 2 saturated heterocycles. The lowest BCUT2D eigenvalue weighted by Gasteiger charge is -2.31. The first kappa shape index (κ1) is 18.4. The maximum absolute atomic E-state index is 12.4. The molecule has 0 aromatic heterocycles. The van der Waals surface area contributed by atoms with Crippen molar-refractivity contribution in [2.75, 3.05) is 53.1 Å². The van der Waals surface area contributed by atoms with Crippen molar-refractivity contribution in [3.63, 3.8) is 0 Å². The van der Waals surface area contributed by atoms with Crippen molar-refractivity contribution < 1.29 is 14.3 Å². The largest absolute Gasteiger partial charge is 0.383 e. The average molecular weight is 346 g/mol. The first-order chi connectivity index (χ1) is 12.0. The minimum absolute atomic E-state index is 0.0843. The maximum atomic E-state index is 12.4. The lowest BCUT2D eigenvalue weighted by Crippen LogP contribution is -2.41. The molecule has 1 atom stereocenters. The van der Waals surface area contributed by atoms with Gasteiger partial charge in [-0.05, 0) is 25.0 Å². The summed E-state index contributed by atoms with van der Waals surface area (Å²) in [6, 6.07) is 6.63. The van der Waals surface area contributed by atoms with Crippen molar-refractivity contribution in [3.8, 4) is 0 Å². The number of hydrogen-bond acceptors (Lipinski definition) is 4. The van der Waals surface area contributed by atoms with Crippen molar-refractivity contribution in [2.24, 2.45) is 5.41 Å². The SMILES string of the molecule is COCCN1C[C@]2(COCCN(Cc3cc(C)ccc3C)C2)CC1=O. The molecule has 2 aliphatic heterocycles. The summed E-state index contributed by atoms with van der Waals surface area (Å²) >= 11 is 0. The third-order valence-electron chi connectivity index (χ3n) is 5.39. The Hall–Kier alpha value is -1.43. The predicted molar refractivity (Wildman–Crippen MR) is 97.5 cm³/mol. The Morgan fingerprint density at radius 2 is 2.12 bits per heavy atom. The van der Waals surface area contributed by atoms with Crippen LogP contribution in [0.1, 0.15) is 23.1 Å². The zero-order valence-electron chi connectivity index (χ0n) is 15.7. The standard InChI is InChI=1S/C20H30N2O3/c1-16-4-5-17(2)18(10-16)12-21-6-9-25-15-20(13-21)11-19(23)22(14-20)7-8-24-3/h4-5,10H,6-9,11-15H2,1-3H3/t20-/m0/s1. The Labute approximate surface area is 150 Å². The Bertz CT molecular complexity index is 619. The van der Waals surface area contributed by atoms with E-state index in [1.54, 1.807) is 7.11 Å². The molecule has 3 rings (SSSR count). The van der Waals surface area contributed by atoms with Crippen LogP contribution in [0.4, 0.5) is 0 Å². The highest BCUT2D eigenvalue weighted by Crippen LogP contribution is 2.34. The third-order valence-corrected chi connectivity index (χ3v) is 5.39. The van der Waals surface area contributed by atoms with Gasteiger partial charge in [0.05, 0.1) is 19.8 Å². The van der Waals surface area contributed by atoms with Gasteiger partial charge in [-0.25, -0.2) is 0 Å². The molecule has 0 N–H and O–H groups in total. The van der Waals surface area contributed by atoms with E-state index in [1.807, 2.05) is 4.90 Å². The van der Waals surface area contributed by atoms with Crippen molar-refractivity contribution in [1.82, 2.24) is 9.80 Å². The number of nitrogens with zero attached hydrogens (tertiary/aromatic N) is 2. The van der Waals surface area contributed by atoms with Crippen LogP contribution < -0.4 is 0 Å². The first-order valence-electron chi connectivity index (χ1n) is 9.14. The molecule has 0 saturated carbocycles. The minimum Gasteiger partial charge on any atom is -0.383 e. The van der Waals surface area contributed by atoms with Gasteiger partial charge in [0.15, 0.2) is 0 Å². The summed E-state index contributed by atoms with van der Waals surface area (Å²) in [6.45, 7) is 10.5. The molecule has 0 bridgehead atoms. The highest BCUT2D eigenvalue weighted by atomic mass is 16.5. The number of aryl methyl sites for hydroxylation is 2. The van der Waals surface area contributed by atoms with Crippen LogP contribution in [0, 0.1) is 19.3 Å². The molecule has 5 heteroatoms. The van der Waals surface area contributed by atoms with Crippen molar-refractivity contribution >= 4 is 5.91 Å². The van der Waals surface area contributed by atoms with Crippen LogP contribution >= 0.6 is 0 Å². The second kappa shape index (κ2) is 7.85. The predicted octanol–water partition coefficient (Wildman–Crippen LogP) is 2.00. The van der Waals surface area contributed by atoms with Gasteiger partial charge in [-0.15, -0.1) is 0 Å². The summed E-state index contributed by atoms with van der Waals surface area (Å²) in [5, 5.41) is 0. The minimum atomic E-state index is -0.0843. The number of carbonyl (C=O) groups is 1. The Balaban J connectivity index is 1.71. The van der Waals surface area contributed by atoms with Gasteiger partial charge >= 0.3 is 0 Å². The summed E-state index contributed by atoms with van der Waals surface area (Å²) < 4.78 is 11.0. The number of rotatable bonds is 5. The topological polar surface area (TPSA) is 42.0 Å². The maximum Gasteiger partial charge on any atom is 0.223 e. The molecule has 0 aliphatic carbocycles. The molecule has 1 aromatic rings. The zero-order valence-corrected chi connectivity index (χ0v) is 15.7. The fourth-order valence-corrected chi connectivity index (χ4v) is 4.02. The molecule has 138 valence electrons. The van der Waals surface area contributed by atoms with E-state index in [4.69, 9.17) is 9.47 Å². The Morgan fingerprint density at radius 1 is 1.28 bits per heavy atom. The average Bonchev–Trinajstić information content (AvgIpc) is 2.74. The molecule has 2 heterocycles. The first-order valence-corrected chi connectivity index (χ1v) is 9.14. The van der Waals surface area contributed by atoms with Gasteiger partial charge in [0, 0.05) is 51.7 Å². The Morgan fingerprint density at radius 3 is 2.92 bits per heavy atom. The van der Waals surface area contributed by atoms with Gasteiger partial charge in [0.25, 0.3) is 0 Å².